The van der Waals surface area contributed by atoms with Crippen LogP contribution in [0.4, 0.5) is 0 Å². The zero-order chi connectivity index (χ0) is 21.2. The number of aromatic amines is 1. The molecule has 0 saturated carbocycles. The van der Waals surface area contributed by atoms with Crippen molar-refractivity contribution in [2.24, 2.45) is 5.92 Å². The van der Waals surface area contributed by atoms with E-state index in [0.717, 1.165) is 34.9 Å². The smallest absolute Gasteiger partial charge is 0.254 e. The Labute approximate surface area is 179 Å². The van der Waals surface area contributed by atoms with Crippen molar-refractivity contribution in [3.8, 4) is 11.3 Å². The highest BCUT2D eigenvalue weighted by atomic mass is 16.2. The number of hydrogen-bond donors (Lipinski definition) is 1. The lowest BCUT2D eigenvalue weighted by Gasteiger charge is -2.32. The van der Waals surface area contributed by atoms with Gasteiger partial charge in [0.1, 0.15) is 0 Å². The van der Waals surface area contributed by atoms with Gasteiger partial charge in [0.25, 0.3) is 11.5 Å². The van der Waals surface area contributed by atoms with Crippen molar-refractivity contribution in [3.63, 3.8) is 0 Å². The zero-order valence-corrected chi connectivity index (χ0v) is 17.1. The lowest BCUT2D eigenvalue weighted by Crippen LogP contribution is -2.40. The predicted octanol–water partition coefficient (Wildman–Crippen LogP) is 3.34. The average molecular weight is 413 g/mol. The molecule has 0 atom stereocenters. The standard InChI is InChI=1S/C24H23N5O2/c30-23-13-22(18-3-2-9-25-14-18)27-16-29(23)15-17-7-11-28(12-8-17)24(31)20-4-1-5-21-19(20)6-10-26-21/h1-6,9-10,13-14,16-17,26H,7-8,11-12,15H2. The minimum absolute atomic E-state index is 0.0634. The van der Waals surface area contributed by atoms with E-state index in [1.54, 1.807) is 29.4 Å². The van der Waals surface area contributed by atoms with Crippen LogP contribution in [0.5, 0.6) is 0 Å². The molecule has 1 saturated heterocycles. The lowest BCUT2D eigenvalue weighted by atomic mass is 9.96. The second-order valence-electron chi connectivity index (χ2n) is 7.99. The Morgan fingerprint density at radius 1 is 1.13 bits per heavy atom. The van der Waals surface area contributed by atoms with E-state index in [2.05, 4.69) is 15.0 Å². The number of benzene rings is 1. The quantitative estimate of drug-likeness (QED) is 0.556. The van der Waals surface area contributed by atoms with E-state index in [1.807, 2.05) is 47.5 Å². The molecular weight excluding hydrogens is 390 g/mol. The summed E-state index contributed by atoms with van der Waals surface area (Å²) < 4.78 is 1.67. The maximum atomic E-state index is 13.0. The number of nitrogens with zero attached hydrogens (tertiary/aromatic N) is 4. The number of piperidine rings is 1. The Hall–Kier alpha value is -3.74. The monoisotopic (exact) mass is 413 g/mol. The van der Waals surface area contributed by atoms with Gasteiger partial charge >= 0.3 is 0 Å². The summed E-state index contributed by atoms with van der Waals surface area (Å²) in [7, 11) is 0. The molecule has 1 aliphatic heterocycles. The van der Waals surface area contributed by atoms with Crippen LogP contribution in [0, 0.1) is 5.92 Å². The van der Waals surface area contributed by atoms with Gasteiger partial charge in [-0.05, 0) is 49.1 Å². The fourth-order valence-corrected chi connectivity index (χ4v) is 4.27. The Morgan fingerprint density at radius 3 is 2.77 bits per heavy atom. The first-order valence-electron chi connectivity index (χ1n) is 10.5. The molecule has 0 radical (unpaired) electrons. The van der Waals surface area contributed by atoms with Gasteiger partial charge in [-0.25, -0.2) is 4.98 Å². The number of nitrogens with one attached hydrogen (secondary N) is 1. The molecule has 4 heterocycles. The Morgan fingerprint density at radius 2 is 2.00 bits per heavy atom. The van der Waals surface area contributed by atoms with Crippen molar-refractivity contribution >= 4 is 16.8 Å². The molecule has 1 N–H and O–H groups in total. The van der Waals surface area contributed by atoms with Crippen LogP contribution < -0.4 is 5.56 Å². The summed E-state index contributed by atoms with van der Waals surface area (Å²) in [5.74, 6) is 0.416. The number of fused-ring (bicyclic) bond motifs is 1. The Kier molecular flexibility index (Phi) is 5.08. The largest absolute Gasteiger partial charge is 0.361 e. The summed E-state index contributed by atoms with van der Waals surface area (Å²) in [4.78, 5) is 39.2. The topological polar surface area (TPSA) is 83.9 Å². The molecule has 0 aliphatic carbocycles. The molecule has 1 aromatic carbocycles. The molecule has 7 heteroatoms. The summed E-state index contributed by atoms with van der Waals surface area (Å²) in [5, 5.41) is 0.959. The number of rotatable bonds is 4. The fraction of sp³-hybridized carbons (Fsp3) is 0.250. The van der Waals surface area contributed by atoms with Crippen LogP contribution in [0.3, 0.4) is 0 Å². The van der Waals surface area contributed by atoms with Crippen LogP contribution in [0.15, 0.2) is 72.2 Å². The van der Waals surface area contributed by atoms with Crippen molar-refractivity contribution in [3.05, 3.63) is 83.3 Å². The number of carbonyl (C=O) groups is 1. The predicted molar refractivity (Wildman–Crippen MR) is 119 cm³/mol. The van der Waals surface area contributed by atoms with Crippen molar-refractivity contribution < 1.29 is 4.79 Å². The van der Waals surface area contributed by atoms with Gasteiger partial charge in [-0.15, -0.1) is 0 Å². The van der Waals surface area contributed by atoms with Crippen LogP contribution in [0.25, 0.3) is 22.2 Å². The van der Waals surface area contributed by atoms with Gasteiger partial charge in [-0.2, -0.15) is 0 Å². The summed E-state index contributed by atoms with van der Waals surface area (Å²) in [6.45, 7) is 2.01. The SMILES string of the molecule is O=C(c1cccc2[nH]ccc12)N1CCC(Cn2cnc(-c3cccnc3)cc2=O)CC1. The molecule has 1 fully saturated rings. The van der Waals surface area contributed by atoms with E-state index in [4.69, 9.17) is 0 Å². The first kappa shape index (κ1) is 19.2. The number of aromatic nitrogens is 4. The molecule has 0 bridgehead atoms. The summed E-state index contributed by atoms with van der Waals surface area (Å²) in [5.41, 5.74) is 3.11. The van der Waals surface area contributed by atoms with Gasteiger partial charge in [-0.3, -0.25) is 19.1 Å². The van der Waals surface area contributed by atoms with E-state index in [0.29, 0.717) is 31.2 Å². The van der Waals surface area contributed by atoms with Gasteiger partial charge in [0.15, 0.2) is 0 Å². The van der Waals surface area contributed by atoms with E-state index in [9.17, 15) is 9.59 Å². The molecule has 1 aliphatic rings. The molecule has 5 rings (SSSR count). The third-order valence-corrected chi connectivity index (χ3v) is 6.02. The Balaban J connectivity index is 1.24. The van der Waals surface area contributed by atoms with Crippen LogP contribution >= 0.6 is 0 Å². The average Bonchev–Trinajstić information content (AvgIpc) is 3.30. The molecule has 0 unspecified atom stereocenters. The van der Waals surface area contributed by atoms with Crippen molar-refractivity contribution in [2.45, 2.75) is 19.4 Å². The number of amides is 1. The zero-order valence-electron chi connectivity index (χ0n) is 17.1. The highest BCUT2D eigenvalue weighted by molar-refractivity contribution is 6.06. The van der Waals surface area contributed by atoms with Crippen LogP contribution in [0.2, 0.25) is 0 Å². The molecule has 4 aromatic rings. The maximum Gasteiger partial charge on any atom is 0.254 e. The maximum absolute atomic E-state index is 13.0. The minimum Gasteiger partial charge on any atom is -0.361 e. The van der Waals surface area contributed by atoms with Crippen molar-refractivity contribution in [2.75, 3.05) is 13.1 Å². The van der Waals surface area contributed by atoms with Crippen LogP contribution in [0.1, 0.15) is 23.2 Å². The second kappa shape index (κ2) is 8.18. The summed E-state index contributed by atoms with van der Waals surface area (Å²) in [6, 6.07) is 13.0. The first-order valence-corrected chi connectivity index (χ1v) is 10.5. The summed E-state index contributed by atoms with van der Waals surface area (Å²) in [6.07, 6.45) is 8.61. The Bertz CT molecular complexity index is 1270. The van der Waals surface area contributed by atoms with Gasteiger partial charge in [0, 0.05) is 66.3 Å². The second-order valence-corrected chi connectivity index (χ2v) is 7.99. The van der Waals surface area contributed by atoms with Crippen molar-refractivity contribution in [1.82, 2.24) is 24.4 Å². The third kappa shape index (κ3) is 3.86. The molecule has 0 spiro atoms. The van der Waals surface area contributed by atoms with Crippen LogP contribution in [-0.4, -0.2) is 43.4 Å². The number of hydrogen-bond acceptors (Lipinski definition) is 4. The van der Waals surface area contributed by atoms with E-state index >= 15 is 0 Å². The molecule has 7 nitrogen and oxygen atoms in total. The third-order valence-electron chi connectivity index (χ3n) is 6.02. The molecular formula is C24H23N5O2. The van der Waals surface area contributed by atoms with Gasteiger partial charge in [0.05, 0.1) is 12.0 Å². The number of likely N-dealkylation sites (tertiary alicyclic amines) is 1. The minimum atomic E-state index is -0.0634. The van der Waals surface area contributed by atoms with Crippen LogP contribution in [-0.2, 0) is 6.54 Å². The van der Waals surface area contributed by atoms with E-state index < -0.39 is 0 Å². The molecule has 3 aromatic heterocycles. The lowest BCUT2D eigenvalue weighted by molar-refractivity contribution is 0.0684. The van der Waals surface area contributed by atoms with E-state index in [-0.39, 0.29) is 11.5 Å². The molecule has 31 heavy (non-hydrogen) atoms. The van der Waals surface area contributed by atoms with Gasteiger partial charge in [-0.1, -0.05) is 6.07 Å². The number of pyridine rings is 1. The highest BCUT2D eigenvalue weighted by Gasteiger charge is 2.25. The summed E-state index contributed by atoms with van der Waals surface area (Å²) >= 11 is 0. The molecule has 156 valence electrons. The van der Waals surface area contributed by atoms with E-state index in [1.165, 1.54) is 0 Å². The number of carbonyl (C=O) groups excluding carboxylic acids is 1. The van der Waals surface area contributed by atoms with Gasteiger partial charge in [0.2, 0.25) is 0 Å². The highest BCUT2D eigenvalue weighted by Crippen LogP contribution is 2.24. The van der Waals surface area contributed by atoms with Crippen molar-refractivity contribution in [1.29, 1.82) is 0 Å². The normalized spacial score (nSPS) is 14.8. The van der Waals surface area contributed by atoms with Gasteiger partial charge < -0.3 is 9.88 Å². The number of H-pyrrole nitrogens is 1. The first-order chi connectivity index (χ1) is 15.2. The fourth-order valence-electron chi connectivity index (χ4n) is 4.27. The molecule has 1 amide bonds.